The van der Waals surface area contributed by atoms with E-state index in [1.165, 1.54) is 0 Å². The van der Waals surface area contributed by atoms with Crippen molar-refractivity contribution in [2.24, 2.45) is 0 Å². The van der Waals surface area contributed by atoms with Gasteiger partial charge >= 0.3 is 18.1 Å². The number of carboxylic acids is 1. The van der Waals surface area contributed by atoms with Crippen molar-refractivity contribution in [3.05, 3.63) is 35.6 Å². The molecule has 1 aromatic rings. The van der Waals surface area contributed by atoms with Crippen LogP contribution in [0.5, 0.6) is 0 Å². The number of nitrogens with one attached hydrogen (secondary N) is 1. The first-order valence-electron chi connectivity index (χ1n) is 5.42. The third-order valence-corrected chi connectivity index (χ3v) is 2.63. The molecule has 0 fully saturated rings. The Labute approximate surface area is 111 Å². The predicted octanol–water partition coefficient (Wildman–Crippen LogP) is 2.19. The van der Waals surface area contributed by atoms with Crippen molar-refractivity contribution in [3.8, 4) is 0 Å². The lowest BCUT2D eigenvalue weighted by atomic mass is 9.88. The fourth-order valence-electron chi connectivity index (χ4n) is 1.66. The van der Waals surface area contributed by atoms with E-state index in [0.29, 0.717) is 0 Å². The first-order chi connectivity index (χ1) is 9.04. The van der Waals surface area contributed by atoms with E-state index < -0.39 is 35.8 Å². The summed E-state index contributed by atoms with van der Waals surface area (Å²) in [7, 11) is 0. The molecule has 0 saturated carbocycles. The number of carbonyl (C=O) groups excluding carboxylic acids is 1. The van der Waals surface area contributed by atoms with Gasteiger partial charge in [0.2, 0.25) is 0 Å². The molecule has 0 saturated heterocycles. The van der Waals surface area contributed by atoms with Crippen molar-refractivity contribution in [3.63, 3.8) is 0 Å². The largest absolute Gasteiger partial charge is 0.481 e. The average Bonchev–Trinajstić information content (AvgIpc) is 2.26. The average molecular weight is 293 g/mol. The van der Waals surface area contributed by atoms with Gasteiger partial charge in [-0.3, -0.25) is 9.59 Å². The standard InChI is InChI=1S/C12H11F4NO3/c1-11(6-9(18)19,17-10(20)12(14,15)16)7-2-4-8(13)5-3-7/h2-5H,6H2,1H3,(H,17,20)(H,18,19). The molecule has 20 heavy (non-hydrogen) atoms. The molecule has 0 aliphatic carbocycles. The van der Waals surface area contributed by atoms with Crippen molar-refractivity contribution in [2.75, 3.05) is 0 Å². The van der Waals surface area contributed by atoms with Crippen LogP contribution in [-0.2, 0) is 15.1 Å². The minimum atomic E-state index is -5.14. The Morgan fingerprint density at radius 1 is 1.20 bits per heavy atom. The van der Waals surface area contributed by atoms with E-state index in [9.17, 15) is 27.2 Å². The zero-order valence-electron chi connectivity index (χ0n) is 10.3. The number of rotatable bonds is 4. The molecular weight excluding hydrogens is 282 g/mol. The quantitative estimate of drug-likeness (QED) is 0.836. The minimum absolute atomic E-state index is 0.0545. The maximum Gasteiger partial charge on any atom is 0.471 e. The van der Waals surface area contributed by atoms with Gasteiger partial charge in [0.25, 0.3) is 0 Å². The molecule has 1 aromatic carbocycles. The molecule has 0 bridgehead atoms. The smallest absolute Gasteiger partial charge is 0.471 e. The molecule has 2 N–H and O–H groups in total. The third-order valence-electron chi connectivity index (χ3n) is 2.63. The maximum absolute atomic E-state index is 12.8. The number of carboxylic acid groups (broad SMARTS) is 1. The number of alkyl halides is 3. The third kappa shape index (κ3) is 3.94. The monoisotopic (exact) mass is 293 g/mol. The van der Waals surface area contributed by atoms with Gasteiger partial charge in [-0.15, -0.1) is 0 Å². The second-order valence-corrected chi connectivity index (χ2v) is 4.36. The molecule has 0 aromatic heterocycles. The Hall–Kier alpha value is -2.12. The first-order valence-corrected chi connectivity index (χ1v) is 5.42. The number of hydrogen-bond acceptors (Lipinski definition) is 2. The molecule has 1 amide bonds. The number of benzene rings is 1. The molecule has 8 heteroatoms. The summed E-state index contributed by atoms with van der Waals surface area (Å²) in [6.45, 7) is 1.12. The molecular formula is C12H11F4NO3. The zero-order chi connectivity index (χ0) is 15.6. The van der Waals surface area contributed by atoms with Crippen LogP contribution in [0.1, 0.15) is 18.9 Å². The fraction of sp³-hybridized carbons (Fsp3) is 0.333. The molecule has 0 aliphatic rings. The summed E-state index contributed by atoms with van der Waals surface area (Å²) in [4.78, 5) is 21.8. The molecule has 1 atom stereocenters. The molecule has 1 unspecified atom stereocenters. The molecule has 0 heterocycles. The van der Waals surface area contributed by atoms with E-state index in [-0.39, 0.29) is 5.56 Å². The van der Waals surface area contributed by atoms with Gasteiger partial charge in [-0.1, -0.05) is 12.1 Å². The second-order valence-electron chi connectivity index (χ2n) is 4.36. The van der Waals surface area contributed by atoms with Gasteiger partial charge in [-0.2, -0.15) is 13.2 Å². The van der Waals surface area contributed by atoms with Crippen molar-refractivity contribution in [1.29, 1.82) is 0 Å². The number of carbonyl (C=O) groups is 2. The van der Waals surface area contributed by atoms with Crippen LogP contribution in [0.2, 0.25) is 0 Å². The van der Waals surface area contributed by atoms with Gasteiger partial charge in [0.15, 0.2) is 0 Å². The summed E-state index contributed by atoms with van der Waals surface area (Å²) >= 11 is 0. The Kier molecular flexibility index (Phi) is 4.36. The van der Waals surface area contributed by atoms with E-state index in [0.717, 1.165) is 31.2 Å². The SMILES string of the molecule is CC(CC(=O)O)(NC(=O)C(F)(F)F)c1ccc(F)cc1. The lowest BCUT2D eigenvalue weighted by Crippen LogP contribution is -2.50. The summed E-state index contributed by atoms with van der Waals surface area (Å²) < 4.78 is 49.6. The van der Waals surface area contributed by atoms with Crippen LogP contribution in [0.3, 0.4) is 0 Å². The number of halogens is 4. The van der Waals surface area contributed by atoms with E-state index in [4.69, 9.17) is 5.11 Å². The lowest BCUT2D eigenvalue weighted by molar-refractivity contribution is -0.176. The maximum atomic E-state index is 12.8. The van der Waals surface area contributed by atoms with Gasteiger partial charge in [0, 0.05) is 0 Å². The summed E-state index contributed by atoms with van der Waals surface area (Å²) in [5.41, 5.74) is -1.74. The van der Waals surface area contributed by atoms with Crippen molar-refractivity contribution in [1.82, 2.24) is 5.32 Å². The summed E-state index contributed by atoms with van der Waals surface area (Å²) in [5, 5.41) is 10.4. The molecule has 1 rings (SSSR count). The van der Waals surface area contributed by atoms with Crippen LogP contribution in [0.15, 0.2) is 24.3 Å². The van der Waals surface area contributed by atoms with Crippen LogP contribution in [0, 0.1) is 5.82 Å². The number of amides is 1. The van der Waals surface area contributed by atoms with Crippen LogP contribution in [-0.4, -0.2) is 23.2 Å². The Morgan fingerprint density at radius 3 is 2.10 bits per heavy atom. The highest BCUT2D eigenvalue weighted by Gasteiger charge is 2.43. The van der Waals surface area contributed by atoms with E-state index >= 15 is 0 Å². The normalized spacial score (nSPS) is 14.4. The van der Waals surface area contributed by atoms with Gasteiger partial charge in [-0.25, -0.2) is 4.39 Å². The van der Waals surface area contributed by atoms with Crippen molar-refractivity contribution in [2.45, 2.75) is 25.1 Å². The summed E-state index contributed by atoms with van der Waals surface area (Å²) in [5.74, 6) is -4.29. The number of aliphatic carboxylic acids is 1. The lowest BCUT2D eigenvalue weighted by Gasteiger charge is -2.30. The van der Waals surface area contributed by atoms with Gasteiger partial charge in [-0.05, 0) is 24.6 Å². The molecule has 0 aliphatic heterocycles. The van der Waals surface area contributed by atoms with Crippen LogP contribution < -0.4 is 5.32 Å². The van der Waals surface area contributed by atoms with Gasteiger partial charge in [0.1, 0.15) is 5.82 Å². The van der Waals surface area contributed by atoms with Crippen molar-refractivity contribution < 1.29 is 32.3 Å². The van der Waals surface area contributed by atoms with E-state index in [1.54, 1.807) is 5.32 Å². The fourth-order valence-corrected chi connectivity index (χ4v) is 1.66. The highest BCUT2D eigenvalue weighted by molar-refractivity contribution is 5.83. The highest BCUT2D eigenvalue weighted by Crippen LogP contribution is 2.27. The zero-order valence-corrected chi connectivity index (χ0v) is 10.3. The van der Waals surface area contributed by atoms with Crippen molar-refractivity contribution >= 4 is 11.9 Å². The highest BCUT2D eigenvalue weighted by atomic mass is 19.4. The summed E-state index contributed by atoms with van der Waals surface area (Å²) in [6, 6.07) is 4.17. The first kappa shape index (κ1) is 15.9. The van der Waals surface area contributed by atoms with E-state index in [1.807, 2.05) is 0 Å². The Morgan fingerprint density at radius 2 is 1.70 bits per heavy atom. The minimum Gasteiger partial charge on any atom is -0.481 e. The van der Waals surface area contributed by atoms with Gasteiger partial charge < -0.3 is 10.4 Å². The number of hydrogen-bond donors (Lipinski definition) is 2. The van der Waals surface area contributed by atoms with Crippen LogP contribution in [0.4, 0.5) is 17.6 Å². The molecule has 0 spiro atoms. The van der Waals surface area contributed by atoms with Crippen LogP contribution >= 0.6 is 0 Å². The Balaban J connectivity index is 3.12. The molecule has 0 radical (unpaired) electrons. The van der Waals surface area contributed by atoms with Gasteiger partial charge in [0.05, 0.1) is 12.0 Å². The van der Waals surface area contributed by atoms with E-state index in [2.05, 4.69) is 0 Å². The molecule has 110 valence electrons. The molecule has 4 nitrogen and oxygen atoms in total. The van der Waals surface area contributed by atoms with Crippen LogP contribution in [0.25, 0.3) is 0 Å². The predicted molar refractivity (Wildman–Crippen MR) is 60.2 cm³/mol. The second kappa shape index (κ2) is 5.48. The Bertz CT molecular complexity index is 512. The summed E-state index contributed by atoms with van der Waals surface area (Å²) in [6.07, 6.45) is -5.92. The topological polar surface area (TPSA) is 66.4 Å².